The lowest BCUT2D eigenvalue weighted by atomic mass is 9.97. The summed E-state index contributed by atoms with van der Waals surface area (Å²) in [4.78, 5) is 0. The lowest BCUT2D eigenvalue weighted by molar-refractivity contribution is 0.00278. The molecule has 1 rings (SSSR count). The van der Waals surface area contributed by atoms with Crippen LogP contribution in [0.2, 0.25) is 0 Å². The van der Waals surface area contributed by atoms with E-state index in [1.165, 1.54) is 0 Å². The van der Waals surface area contributed by atoms with Crippen molar-refractivity contribution in [3.63, 3.8) is 0 Å². The van der Waals surface area contributed by atoms with Crippen molar-refractivity contribution in [2.45, 2.75) is 58.3 Å². The van der Waals surface area contributed by atoms with Crippen LogP contribution in [0.1, 0.15) is 52.2 Å². The molecule has 0 heterocycles. The van der Waals surface area contributed by atoms with Gasteiger partial charge in [-0.1, -0.05) is 12.1 Å². The number of rotatable bonds is 7. The van der Waals surface area contributed by atoms with Crippen LogP contribution in [0, 0.1) is 0 Å². The fourth-order valence-corrected chi connectivity index (χ4v) is 1.79. The highest BCUT2D eigenvalue weighted by molar-refractivity contribution is 5.28. The second-order valence-corrected chi connectivity index (χ2v) is 5.75. The molecular formula is C16H26O3. The number of aliphatic hydroxyl groups is 1. The van der Waals surface area contributed by atoms with Crippen molar-refractivity contribution in [2.24, 2.45) is 0 Å². The van der Waals surface area contributed by atoms with Gasteiger partial charge in [-0.25, -0.2) is 0 Å². The zero-order valence-electron chi connectivity index (χ0n) is 12.6. The van der Waals surface area contributed by atoms with Crippen molar-refractivity contribution in [3.8, 4) is 5.75 Å². The molecule has 108 valence electrons. The molecule has 0 aromatic heterocycles. The topological polar surface area (TPSA) is 38.7 Å². The van der Waals surface area contributed by atoms with Gasteiger partial charge in [-0.05, 0) is 58.2 Å². The van der Waals surface area contributed by atoms with Crippen LogP contribution in [0.4, 0.5) is 0 Å². The maximum atomic E-state index is 10.2. The van der Waals surface area contributed by atoms with E-state index in [2.05, 4.69) is 0 Å². The number of hydrogen-bond donors (Lipinski definition) is 1. The minimum Gasteiger partial charge on any atom is -0.491 e. The Labute approximate surface area is 116 Å². The van der Waals surface area contributed by atoms with Crippen molar-refractivity contribution >= 4 is 0 Å². The minimum absolute atomic E-state index is 0.165. The van der Waals surface area contributed by atoms with Gasteiger partial charge in [0.25, 0.3) is 0 Å². The number of ether oxygens (including phenoxy) is 2. The first kappa shape index (κ1) is 16.0. The molecular weight excluding hydrogens is 240 g/mol. The Kier molecular flexibility index (Phi) is 5.83. The van der Waals surface area contributed by atoms with E-state index in [1.807, 2.05) is 52.0 Å². The maximum absolute atomic E-state index is 10.2. The number of benzene rings is 1. The van der Waals surface area contributed by atoms with Crippen LogP contribution in [0.25, 0.3) is 0 Å². The van der Waals surface area contributed by atoms with Gasteiger partial charge in [0, 0.05) is 7.11 Å². The normalized spacial score (nSPS) is 13.6. The first-order valence-electron chi connectivity index (χ1n) is 6.84. The van der Waals surface area contributed by atoms with Crippen molar-refractivity contribution in [1.29, 1.82) is 0 Å². The smallest absolute Gasteiger partial charge is 0.119 e. The van der Waals surface area contributed by atoms with Crippen LogP contribution in [-0.4, -0.2) is 23.9 Å². The van der Waals surface area contributed by atoms with Gasteiger partial charge in [-0.2, -0.15) is 0 Å². The molecule has 3 heteroatoms. The van der Waals surface area contributed by atoms with Crippen molar-refractivity contribution in [1.82, 2.24) is 0 Å². The van der Waals surface area contributed by atoms with E-state index >= 15 is 0 Å². The monoisotopic (exact) mass is 266 g/mol. The summed E-state index contributed by atoms with van der Waals surface area (Å²) in [5.41, 5.74) is 0.727. The largest absolute Gasteiger partial charge is 0.491 e. The molecule has 0 saturated heterocycles. The average Bonchev–Trinajstić information content (AvgIpc) is 2.36. The number of aliphatic hydroxyl groups excluding tert-OH is 1. The Morgan fingerprint density at radius 3 is 2.21 bits per heavy atom. The molecule has 1 N–H and O–H groups in total. The van der Waals surface area contributed by atoms with Crippen LogP contribution in [0.15, 0.2) is 24.3 Å². The van der Waals surface area contributed by atoms with Crippen LogP contribution in [-0.2, 0) is 4.74 Å². The van der Waals surface area contributed by atoms with Gasteiger partial charge in [0.2, 0.25) is 0 Å². The fraction of sp³-hybridized carbons (Fsp3) is 0.625. The standard InChI is InChI=1S/C16H26O3/c1-12(2)19-14-8-6-13(7-9-14)15(17)10-11-16(3,4)18-5/h6-9,12,15,17H,10-11H2,1-5H3. The molecule has 0 aliphatic rings. The molecule has 1 atom stereocenters. The summed E-state index contributed by atoms with van der Waals surface area (Å²) < 4.78 is 10.9. The molecule has 1 unspecified atom stereocenters. The molecule has 0 aliphatic carbocycles. The Morgan fingerprint density at radius 1 is 1.16 bits per heavy atom. The van der Waals surface area contributed by atoms with Crippen LogP contribution in [0.3, 0.4) is 0 Å². The molecule has 0 aliphatic heterocycles. The van der Waals surface area contributed by atoms with E-state index in [0.717, 1.165) is 17.7 Å². The Balaban J connectivity index is 2.55. The Morgan fingerprint density at radius 2 is 1.74 bits per heavy atom. The highest BCUT2D eigenvalue weighted by Gasteiger charge is 2.19. The Bertz CT molecular complexity index is 368. The zero-order valence-corrected chi connectivity index (χ0v) is 12.6. The predicted molar refractivity (Wildman–Crippen MR) is 77.5 cm³/mol. The summed E-state index contributed by atoms with van der Waals surface area (Å²) in [6.45, 7) is 8.05. The minimum atomic E-state index is -0.456. The SMILES string of the molecule is COC(C)(C)CCC(O)c1ccc(OC(C)C)cc1. The Hall–Kier alpha value is -1.06. The van der Waals surface area contributed by atoms with Crippen molar-refractivity contribution < 1.29 is 14.6 Å². The maximum Gasteiger partial charge on any atom is 0.119 e. The van der Waals surface area contributed by atoms with Gasteiger partial charge in [0.05, 0.1) is 17.8 Å². The lowest BCUT2D eigenvalue weighted by Crippen LogP contribution is -2.23. The van der Waals surface area contributed by atoms with E-state index in [4.69, 9.17) is 9.47 Å². The number of methoxy groups -OCH3 is 1. The number of hydrogen-bond acceptors (Lipinski definition) is 3. The second-order valence-electron chi connectivity index (χ2n) is 5.75. The summed E-state index contributed by atoms with van der Waals surface area (Å²) in [5, 5.41) is 10.2. The first-order valence-corrected chi connectivity index (χ1v) is 6.84. The molecule has 19 heavy (non-hydrogen) atoms. The quantitative estimate of drug-likeness (QED) is 0.817. The summed E-state index contributed by atoms with van der Waals surface area (Å²) >= 11 is 0. The molecule has 0 spiro atoms. The molecule has 0 bridgehead atoms. The third-order valence-electron chi connectivity index (χ3n) is 3.21. The third kappa shape index (κ3) is 5.62. The first-order chi connectivity index (χ1) is 8.84. The van der Waals surface area contributed by atoms with Crippen LogP contribution >= 0.6 is 0 Å². The highest BCUT2D eigenvalue weighted by Crippen LogP contribution is 2.25. The van der Waals surface area contributed by atoms with Gasteiger partial charge in [0.1, 0.15) is 5.75 Å². The van der Waals surface area contributed by atoms with Gasteiger partial charge < -0.3 is 14.6 Å². The average molecular weight is 266 g/mol. The van der Waals surface area contributed by atoms with Crippen molar-refractivity contribution in [2.75, 3.05) is 7.11 Å². The fourth-order valence-electron chi connectivity index (χ4n) is 1.79. The van der Waals surface area contributed by atoms with Crippen LogP contribution < -0.4 is 4.74 Å². The molecule has 0 saturated carbocycles. The zero-order chi connectivity index (χ0) is 14.5. The van der Waals surface area contributed by atoms with Gasteiger partial charge >= 0.3 is 0 Å². The molecule has 1 aromatic rings. The van der Waals surface area contributed by atoms with Gasteiger partial charge in [-0.3, -0.25) is 0 Å². The molecule has 1 aromatic carbocycles. The summed E-state index contributed by atoms with van der Waals surface area (Å²) in [7, 11) is 1.70. The summed E-state index contributed by atoms with van der Waals surface area (Å²) in [6, 6.07) is 7.64. The van der Waals surface area contributed by atoms with Crippen LogP contribution in [0.5, 0.6) is 5.75 Å². The van der Waals surface area contributed by atoms with E-state index in [1.54, 1.807) is 7.11 Å². The third-order valence-corrected chi connectivity index (χ3v) is 3.21. The molecule has 0 amide bonds. The van der Waals surface area contributed by atoms with E-state index in [0.29, 0.717) is 6.42 Å². The van der Waals surface area contributed by atoms with Gasteiger partial charge in [-0.15, -0.1) is 0 Å². The second kappa shape index (κ2) is 6.92. The molecule has 0 fully saturated rings. The van der Waals surface area contributed by atoms with Gasteiger partial charge in [0.15, 0.2) is 0 Å². The molecule has 3 nitrogen and oxygen atoms in total. The van der Waals surface area contributed by atoms with Crippen molar-refractivity contribution in [3.05, 3.63) is 29.8 Å². The predicted octanol–water partition coefficient (Wildman–Crippen LogP) is 3.71. The van der Waals surface area contributed by atoms with E-state index in [9.17, 15) is 5.11 Å². The summed E-state index contributed by atoms with van der Waals surface area (Å²) in [5.74, 6) is 0.836. The van der Waals surface area contributed by atoms with E-state index < -0.39 is 6.10 Å². The van der Waals surface area contributed by atoms with E-state index in [-0.39, 0.29) is 11.7 Å². The summed E-state index contributed by atoms with van der Waals surface area (Å²) in [6.07, 6.45) is 1.21. The lowest BCUT2D eigenvalue weighted by Gasteiger charge is -2.24. The highest BCUT2D eigenvalue weighted by atomic mass is 16.5. The molecule has 0 radical (unpaired) electrons.